The fraction of sp³-hybridized carbons (Fsp3) is 0.857. The molecule has 0 unspecified atom stereocenters. The minimum absolute atomic E-state index is 0.0711. The Labute approximate surface area is 81.7 Å². The highest BCUT2D eigenvalue weighted by Crippen LogP contribution is 2.14. The summed E-state index contributed by atoms with van der Waals surface area (Å²) in [6, 6.07) is 0. The summed E-state index contributed by atoms with van der Waals surface area (Å²) in [4.78, 5) is 10.7. The molecule has 0 aliphatic carbocycles. The lowest BCUT2D eigenvalue weighted by Crippen LogP contribution is -2.39. The number of aliphatic hydroxyl groups excluding tert-OH is 3. The first-order chi connectivity index (χ1) is 6.14. The molecule has 0 amide bonds. The fourth-order valence-corrected chi connectivity index (χ4v) is 0.657. The van der Waals surface area contributed by atoms with Crippen LogP contribution in [-0.4, -0.2) is 53.5 Å². The Kier molecular flexibility index (Phi) is 6.06. The molecule has 0 bridgehead atoms. The second-order valence-corrected chi connectivity index (χ2v) is 3.11. The third-order valence-corrected chi connectivity index (χ3v) is 1.93. The Morgan fingerprint density at radius 1 is 1.23 bits per heavy atom. The zero-order chi connectivity index (χ0) is 10.3. The van der Waals surface area contributed by atoms with Crippen molar-refractivity contribution in [3.8, 4) is 0 Å². The van der Waals surface area contributed by atoms with Crippen LogP contribution in [0.1, 0.15) is 0 Å². The lowest BCUT2D eigenvalue weighted by atomic mass is 9.93. The number of ether oxygens (including phenoxy) is 1. The second kappa shape index (κ2) is 6.20. The first kappa shape index (κ1) is 12.7. The molecule has 0 heterocycles. The number of aliphatic hydroxyl groups is 3. The van der Waals surface area contributed by atoms with Crippen molar-refractivity contribution in [1.82, 2.24) is 0 Å². The SMILES string of the molecule is O=C(CS)OCC(CO)(CO)CO. The van der Waals surface area contributed by atoms with Gasteiger partial charge in [-0.05, 0) is 0 Å². The Bertz CT molecular complexity index is 149. The van der Waals surface area contributed by atoms with Crippen LogP contribution >= 0.6 is 12.6 Å². The highest BCUT2D eigenvalue weighted by molar-refractivity contribution is 7.81. The smallest absolute Gasteiger partial charge is 0.315 e. The van der Waals surface area contributed by atoms with Crippen molar-refractivity contribution in [1.29, 1.82) is 0 Å². The van der Waals surface area contributed by atoms with Crippen LogP contribution in [-0.2, 0) is 9.53 Å². The lowest BCUT2D eigenvalue weighted by molar-refractivity contribution is -0.148. The van der Waals surface area contributed by atoms with E-state index in [1.54, 1.807) is 0 Å². The molecule has 0 rings (SSSR count). The van der Waals surface area contributed by atoms with Crippen LogP contribution in [0.4, 0.5) is 0 Å². The number of carbonyl (C=O) groups excluding carboxylic acids is 1. The molecule has 13 heavy (non-hydrogen) atoms. The summed E-state index contributed by atoms with van der Waals surface area (Å²) in [6.45, 7) is -1.55. The van der Waals surface area contributed by atoms with Crippen LogP contribution in [0.15, 0.2) is 0 Å². The van der Waals surface area contributed by atoms with Gasteiger partial charge in [0.2, 0.25) is 0 Å². The minimum Gasteiger partial charge on any atom is -0.464 e. The van der Waals surface area contributed by atoms with Crippen LogP contribution in [0.25, 0.3) is 0 Å². The molecule has 0 aromatic carbocycles. The highest BCUT2D eigenvalue weighted by atomic mass is 32.1. The van der Waals surface area contributed by atoms with E-state index in [-0.39, 0.29) is 12.4 Å². The van der Waals surface area contributed by atoms with Gasteiger partial charge < -0.3 is 20.1 Å². The second-order valence-electron chi connectivity index (χ2n) is 2.79. The molecule has 0 saturated heterocycles. The largest absolute Gasteiger partial charge is 0.464 e. The molecule has 0 fully saturated rings. The van der Waals surface area contributed by atoms with Crippen molar-refractivity contribution >= 4 is 18.6 Å². The Hall–Kier alpha value is -0.300. The van der Waals surface area contributed by atoms with Gasteiger partial charge in [0.05, 0.1) is 31.0 Å². The summed E-state index contributed by atoms with van der Waals surface area (Å²) in [7, 11) is 0. The summed E-state index contributed by atoms with van der Waals surface area (Å²) in [6.07, 6.45) is 0. The molecule has 78 valence electrons. The molecule has 6 heteroatoms. The number of hydrogen-bond donors (Lipinski definition) is 4. The van der Waals surface area contributed by atoms with Crippen molar-refractivity contribution in [3.63, 3.8) is 0 Å². The molecule has 0 aromatic heterocycles. The molecule has 0 aliphatic heterocycles. The number of thiol groups is 1. The summed E-state index contributed by atoms with van der Waals surface area (Å²) < 4.78 is 4.63. The van der Waals surface area contributed by atoms with Crippen LogP contribution in [0.5, 0.6) is 0 Å². The molecule has 3 N–H and O–H groups in total. The Morgan fingerprint density at radius 2 is 1.69 bits per heavy atom. The minimum atomic E-state index is -1.15. The quantitative estimate of drug-likeness (QED) is 0.314. The predicted molar refractivity (Wildman–Crippen MR) is 48.5 cm³/mol. The van der Waals surface area contributed by atoms with Crippen molar-refractivity contribution in [2.75, 3.05) is 32.2 Å². The number of rotatable bonds is 6. The van der Waals surface area contributed by atoms with Gasteiger partial charge in [0, 0.05) is 0 Å². The number of esters is 1. The van der Waals surface area contributed by atoms with E-state index in [2.05, 4.69) is 17.4 Å². The van der Waals surface area contributed by atoms with Crippen LogP contribution in [0.3, 0.4) is 0 Å². The normalized spacial score (nSPS) is 11.4. The maximum Gasteiger partial charge on any atom is 0.315 e. The summed E-state index contributed by atoms with van der Waals surface area (Å²) in [5.74, 6) is -0.624. The van der Waals surface area contributed by atoms with E-state index in [4.69, 9.17) is 15.3 Å². The van der Waals surface area contributed by atoms with Gasteiger partial charge in [-0.3, -0.25) is 4.79 Å². The maximum absolute atomic E-state index is 10.7. The summed E-state index contributed by atoms with van der Waals surface area (Å²) in [5.41, 5.74) is -1.15. The van der Waals surface area contributed by atoms with Crippen molar-refractivity contribution < 1.29 is 24.9 Å². The van der Waals surface area contributed by atoms with Crippen molar-refractivity contribution in [2.45, 2.75) is 0 Å². The van der Waals surface area contributed by atoms with Gasteiger partial charge in [-0.15, -0.1) is 0 Å². The average molecular weight is 210 g/mol. The predicted octanol–water partition coefficient (Wildman–Crippen LogP) is -1.58. The Morgan fingerprint density at radius 3 is 2.00 bits per heavy atom. The number of carbonyl (C=O) groups is 1. The van der Waals surface area contributed by atoms with E-state index in [9.17, 15) is 4.79 Å². The van der Waals surface area contributed by atoms with Crippen LogP contribution in [0, 0.1) is 5.41 Å². The first-order valence-electron chi connectivity index (χ1n) is 3.73. The van der Waals surface area contributed by atoms with Crippen LogP contribution in [0.2, 0.25) is 0 Å². The van der Waals surface area contributed by atoms with Gasteiger partial charge in [-0.2, -0.15) is 12.6 Å². The lowest BCUT2D eigenvalue weighted by Gasteiger charge is -2.26. The highest BCUT2D eigenvalue weighted by Gasteiger charge is 2.29. The van der Waals surface area contributed by atoms with E-state index in [0.717, 1.165) is 0 Å². The molecule has 5 nitrogen and oxygen atoms in total. The standard InChI is InChI=1S/C7H14O5S/c8-2-7(3-9,4-10)5-12-6(11)1-13/h8-10,13H,1-5H2. The molecular weight excluding hydrogens is 196 g/mol. The molecule has 0 radical (unpaired) electrons. The molecule has 0 spiro atoms. The molecule has 0 aliphatic rings. The van der Waals surface area contributed by atoms with Crippen molar-refractivity contribution in [3.05, 3.63) is 0 Å². The molecular formula is C7H14O5S. The van der Waals surface area contributed by atoms with E-state index in [0.29, 0.717) is 0 Å². The molecule has 0 atom stereocenters. The fourth-order valence-electron chi connectivity index (χ4n) is 0.566. The topological polar surface area (TPSA) is 87.0 Å². The summed E-state index contributed by atoms with van der Waals surface area (Å²) >= 11 is 3.67. The third-order valence-electron chi connectivity index (χ3n) is 1.67. The first-order valence-corrected chi connectivity index (χ1v) is 4.36. The zero-order valence-electron chi connectivity index (χ0n) is 7.14. The molecule has 0 saturated carbocycles. The van der Waals surface area contributed by atoms with E-state index in [1.165, 1.54) is 0 Å². The zero-order valence-corrected chi connectivity index (χ0v) is 8.04. The van der Waals surface area contributed by atoms with E-state index in [1.807, 2.05) is 0 Å². The van der Waals surface area contributed by atoms with Gasteiger partial charge in [0.1, 0.15) is 6.61 Å². The Balaban J connectivity index is 4.02. The molecule has 0 aromatic rings. The number of hydrogen-bond acceptors (Lipinski definition) is 6. The third kappa shape index (κ3) is 3.95. The van der Waals surface area contributed by atoms with E-state index >= 15 is 0 Å². The van der Waals surface area contributed by atoms with Gasteiger partial charge in [0.25, 0.3) is 0 Å². The van der Waals surface area contributed by atoms with E-state index < -0.39 is 31.2 Å². The van der Waals surface area contributed by atoms with Gasteiger partial charge >= 0.3 is 5.97 Å². The average Bonchev–Trinajstić information content (AvgIpc) is 2.20. The monoisotopic (exact) mass is 210 g/mol. The van der Waals surface area contributed by atoms with Gasteiger partial charge in [0.15, 0.2) is 0 Å². The maximum atomic E-state index is 10.7. The van der Waals surface area contributed by atoms with Crippen molar-refractivity contribution in [2.24, 2.45) is 5.41 Å². The van der Waals surface area contributed by atoms with Gasteiger partial charge in [-0.1, -0.05) is 0 Å². The summed E-state index contributed by atoms with van der Waals surface area (Å²) in [5, 5.41) is 26.5. The van der Waals surface area contributed by atoms with Crippen LogP contribution < -0.4 is 0 Å². The van der Waals surface area contributed by atoms with Gasteiger partial charge in [-0.25, -0.2) is 0 Å².